The monoisotopic (exact) mass is 576 g/mol. The van der Waals surface area contributed by atoms with Crippen molar-refractivity contribution in [3.05, 3.63) is 57.6 Å². The van der Waals surface area contributed by atoms with Gasteiger partial charge in [0.15, 0.2) is 11.5 Å². The lowest BCUT2D eigenvalue weighted by atomic mass is 9.58. The fourth-order valence-electron chi connectivity index (χ4n) is 6.46. The predicted molar refractivity (Wildman–Crippen MR) is 152 cm³/mol. The van der Waals surface area contributed by atoms with Crippen LogP contribution in [0.3, 0.4) is 0 Å². The van der Waals surface area contributed by atoms with Gasteiger partial charge in [-0.2, -0.15) is 0 Å². The minimum atomic E-state index is -0.966. The third-order valence-electron chi connectivity index (χ3n) is 8.11. The molecule has 2 aliphatic carbocycles. The zero-order chi connectivity index (χ0) is 28.7. The zero-order valence-corrected chi connectivity index (χ0v) is 24.7. The number of aliphatic hydroxyl groups excluding tert-OH is 2. The van der Waals surface area contributed by atoms with Crippen LogP contribution in [-0.2, 0) is 16.2 Å². The summed E-state index contributed by atoms with van der Waals surface area (Å²) in [6.45, 7) is 8.04. The lowest BCUT2D eigenvalue weighted by molar-refractivity contribution is -0.144. The third-order valence-corrected chi connectivity index (χ3v) is 8.64. The molecule has 1 unspecified atom stereocenters. The summed E-state index contributed by atoms with van der Waals surface area (Å²) >= 11 is 12.7. The number of ketones is 2. The van der Waals surface area contributed by atoms with E-state index in [1.165, 1.54) is 7.11 Å². The van der Waals surface area contributed by atoms with Crippen LogP contribution in [-0.4, -0.2) is 41.1 Å². The van der Waals surface area contributed by atoms with E-state index in [-0.39, 0.29) is 46.9 Å². The molecule has 2 aromatic rings. The molecule has 2 aliphatic rings. The molecule has 0 aliphatic heterocycles. The van der Waals surface area contributed by atoms with E-state index in [9.17, 15) is 19.8 Å². The maximum Gasteiger partial charge on any atom is 0.180 e. The normalized spacial score (nSPS) is 27.2. The molecule has 0 saturated heterocycles. The first-order valence-electron chi connectivity index (χ1n) is 13.4. The molecule has 0 amide bonds. The van der Waals surface area contributed by atoms with E-state index in [0.717, 1.165) is 5.56 Å². The standard InChI is InChI=1S/C31H38Cl2O6/c1-30(2)12-21(34)27(22(35)13-30)26(28-23(36)14-31(3,4)15-24(28)37)18-10-20(33)29(25(11-18)38-5)39-16-17-6-8-19(32)9-7-17/h6-11,21,23,26-28,34,36H,12-16H2,1-5H3/t21-,23+,26?,27-,28-/m0/s1. The predicted octanol–water partition coefficient (Wildman–Crippen LogP) is 6.40. The van der Waals surface area contributed by atoms with Crippen LogP contribution in [0.2, 0.25) is 10.0 Å². The number of carbonyl (C=O) groups excluding carboxylic acids is 2. The molecule has 8 heteroatoms. The second-order valence-electron chi connectivity index (χ2n) is 12.7. The Labute approximate surface area is 240 Å². The van der Waals surface area contributed by atoms with E-state index in [1.54, 1.807) is 24.3 Å². The van der Waals surface area contributed by atoms with E-state index in [1.807, 2.05) is 39.8 Å². The largest absolute Gasteiger partial charge is 0.493 e. The van der Waals surface area contributed by atoms with Gasteiger partial charge >= 0.3 is 0 Å². The fraction of sp³-hybridized carbons (Fsp3) is 0.548. The maximum atomic E-state index is 13.6. The van der Waals surface area contributed by atoms with Gasteiger partial charge in [0.05, 0.1) is 36.2 Å². The van der Waals surface area contributed by atoms with Crippen LogP contribution in [0, 0.1) is 22.7 Å². The van der Waals surface area contributed by atoms with Crippen molar-refractivity contribution in [3.8, 4) is 11.5 Å². The van der Waals surface area contributed by atoms with Crippen molar-refractivity contribution in [2.75, 3.05) is 7.11 Å². The molecule has 2 N–H and O–H groups in total. The number of hydrogen-bond donors (Lipinski definition) is 2. The Morgan fingerprint density at radius 1 is 0.897 bits per heavy atom. The van der Waals surface area contributed by atoms with Crippen molar-refractivity contribution in [2.45, 2.75) is 78.1 Å². The lowest BCUT2D eigenvalue weighted by Crippen LogP contribution is -2.51. The lowest BCUT2D eigenvalue weighted by Gasteiger charge is -2.46. The number of ether oxygens (including phenoxy) is 2. The number of hydrogen-bond acceptors (Lipinski definition) is 6. The highest BCUT2D eigenvalue weighted by molar-refractivity contribution is 6.32. The fourth-order valence-corrected chi connectivity index (χ4v) is 6.86. The summed E-state index contributed by atoms with van der Waals surface area (Å²) in [5, 5.41) is 23.4. The molecule has 0 aromatic heterocycles. The summed E-state index contributed by atoms with van der Waals surface area (Å²) in [7, 11) is 1.49. The van der Waals surface area contributed by atoms with Crippen molar-refractivity contribution >= 4 is 34.8 Å². The molecule has 6 nitrogen and oxygen atoms in total. The highest BCUT2D eigenvalue weighted by Crippen LogP contribution is 2.51. The third kappa shape index (κ3) is 6.62. The molecule has 0 spiro atoms. The van der Waals surface area contributed by atoms with Gasteiger partial charge in [-0.05, 0) is 59.1 Å². The van der Waals surface area contributed by atoms with Crippen LogP contribution in [0.5, 0.6) is 11.5 Å². The zero-order valence-electron chi connectivity index (χ0n) is 23.2. The molecule has 0 radical (unpaired) electrons. The Balaban J connectivity index is 1.75. The van der Waals surface area contributed by atoms with Gasteiger partial charge in [-0.3, -0.25) is 9.59 Å². The second-order valence-corrected chi connectivity index (χ2v) is 13.5. The van der Waals surface area contributed by atoms with Gasteiger partial charge in [0, 0.05) is 23.8 Å². The number of rotatable bonds is 7. The van der Waals surface area contributed by atoms with Gasteiger partial charge in [0.1, 0.15) is 18.2 Å². The molecule has 2 fully saturated rings. The number of aliphatic hydroxyl groups is 2. The van der Waals surface area contributed by atoms with Gasteiger partial charge in [-0.1, -0.05) is 63.0 Å². The molecule has 212 valence electrons. The Morgan fingerprint density at radius 2 is 1.41 bits per heavy atom. The summed E-state index contributed by atoms with van der Waals surface area (Å²) in [4.78, 5) is 27.1. The van der Waals surface area contributed by atoms with E-state index in [0.29, 0.717) is 34.9 Å². The first-order chi connectivity index (χ1) is 18.2. The minimum Gasteiger partial charge on any atom is -0.493 e. The van der Waals surface area contributed by atoms with E-state index in [4.69, 9.17) is 32.7 Å². The molecule has 2 saturated carbocycles. The topological polar surface area (TPSA) is 93.1 Å². The minimum absolute atomic E-state index is 0.119. The Hall–Kier alpha value is -2.12. The van der Waals surface area contributed by atoms with Crippen molar-refractivity contribution in [1.82, 2.24) is 0 Å². The summed E-state index contributed by atoms with van der Waals surface area (Å²) in [5.74, 6) is -2.05. The Kier molecular flexibility index (Phi) is 8.73. The van der Waals surface area contributed by atoms with Crippen LogP contribution < -0.4 is 9.47 Å². The summed E-state index contributed by atoms with van der Waals surface area (Å²) in [6.07, 6.45) is -0.550. The van der Waals surface area contributed by atoms with Gasteiger partial charge in [-0.15, -0.1) is 0 Å². The van der Waals surface area contributed by atoms with Crippen molar-refractivity contribution in [2.24, 2.45) is 22.7 Å². The number of carbonyl (C=O) groups is 2. The molecule has 2 aromatic carbocycles. The van der Waals surface area contributed by atoms with E-state index < -0.39 is 30.0 Å². The second kappa shape index (κ2) is 11.4. The van der Waals surface area contributed by atoms with Crippen LogP contribution in [0.1, 0.15) is 70.4 Å². The van der Waals surface area contributed by atoms with Crippen molar-refractivity contribution in [1.29, 1.82) is 0 Å². The van der Waals surface area contributed by atoms with Crippen LogP contribution in [0.15, 0.2) is 36.4 Å². The summed E-state index contributed by atoms with van der Waals surface area (Å²) in [6, 6.07) is 10.6. The highest BCUT2D eigenvalue weighted by Gasteiger charge is 2.52. The summed E-state index contributed by atoms with van der Waals surface area (Å²) < 4.78 is 11.7. The first-order valence-corrected chi connectivity index (χ1v) is 14.1. The summed E-state index contributed by atoms with van der Waals surface area (Å²) in [5.41, 5.74) is 0.730. The molecule has 0 heterocycles. The number of Topliss-reactive ketones (excluding diaryl/α,β-unsaturated/α-hetero) is 2. The van der Waals surface area contributed by atoms with Crippen LogP contribution in [0.4, 0.5) is 0 Å². The van der Waals surface area contributed by atoms with Crippen molar-refractivity contribution in [3.63, 3.8) is 0 Å². The van der Waals surface area contributed by atoms with Crippen LogP contribution in [0.25, 0.3) is 0 Å². The van der Waals surface area contributed by atoms with Gasteiger partial charge in [-0.25, -0.2) is 0 Å². The number of benzene rings is 2. The highest BCUT2D eigenvalue weighted by atomic mass is 35.5. The average Bonchev–Trinajstić information content (AvgIpc) is 2.80. The smallest absolute Gasteiger partial charge is 0.180 e. The quantitative estimate of drug-likeness (QED) is 0.396. The SMILES string of the molecule is COc1cc(C([C@@H]2C(=O)CC(C)(C)C[C@H]2O)[C@@H]2C(=O)CC(C)(C)C[C@@H]2O)cc(Cl)c1OCc1ccc(Cl)cc1. The van der Waals surface area contributed by atoms with E-state index in [2.05, 4.69) is 0 Å². The van der Waals surface area contributed by atoms with Gasteiger partial charge in [0.25, 0.3) is 0 Å². The number of methoxy groups -OCH3 is 1. The Morgan fingerprint density at radius 3 is 1.87 bits per heavy atom. The molecular weight excluding hydrogens is 539 g/mol. The van der Waals surface area contributed by atoms with Crippen molar-refractivity contribution < 1.29 is 29.3 Å². The van der Waals surface area contributed by atoms with E-state index >= 15 is 0 Å². The van der Waals surface area contributed by atoms with Gasteiger partial charge < -0.3 is 19.7 Å². The Bertz CT molecular complexity index is 1180. The molecule has 39 heavy (non-hydrogen) atoms. The maximum absolute atomic E-state index is 13.6. The molecular formula is C31H38Cl2O6. The number of halogens is 2. The molecule has 4 rings (SSSR count). The average molecular weight is 578 g/mol. The molecule has 0 bridgehead atoms. The molecule has 5 atom stereocenters. The van der Waals surface area contributed by atoms with Gasteiger partial charge in [0.2, 0.25) is 0 Å². The first kappa shape index (κ1) is 29.9. The van der Waals surface area contributed by atoms with Crippen LogP contribution >= 0.6 is 23.2 Å².